The molecule has 1 saturated heterocycles. The minimum absolute atomic E-state index is 0.0133. The van der Waals surface area contributed by atoms with E-state index in [1.165, 1.54) is 11.2 Å². The fourth-order valence-corrected chi connectivity index (χ4v) is 3.50. The Labute approximate surface area is 170 Å². The molecule has 1 aliphatic rings. The van der Waals surface area contributed by atoms with Crippen LogP contribution in [0.4, 0.5) is 0 Å². The van der Waals surface area contributed by atoms with Gasteiger partial charge in [-0.2, -0.15) is 0 Å². The molecule has 29 heavy (non-hydrogen) atoms. The first kappa shape index (κ1) is 20.7. The van der Waals surface area contributed by atoms with Crippen LogP contribution in [0.1, 0.15) is 23.0 Å². The molecular weight excluding hydrogens is 374 g/mol. The van der Waals surface area contributed by atoms with Crippen molar-refractivity contribution in [3.8, 4) is 11.5 Å². The molecule has 2 N–H and O–H groups in total. The van der Waals surface area contributed by atoms with Crippen LogP contribution < -0.4 is 19.7 Å². The molecule has 1 aliphatic heterocycles. The van der Waals surface area contributed by atoms with E-state index in [2.05, 4.69) is 5.32 Å². The molecule has 2 amide bonds. The van der Waals surface area contributed by atoms with Gasteiger partial charge in [-0.05, 0) is 36.8 Å². The highest BCUT2D eigenvalue weighted by Crippen LogP contribution is 2.27. The second kappa shape index (κ2) is 9.47. The van der Waals surface area contributed by atoms with Gasteiger partial charge in [0.1, 0.15) is 0 Å². The van der Waals surface area contributed by atoms with Crippen LogP contribution in [-0.4, -0.2) is 63.2 Å². The Kier molecular flexibility index (Phi) is 6.77. The van der Waals surface area contributed by atoms with Crippen molar-refractivity contribution in [1.82, 2.24) is 10.2 Å². The van der Waals surface area contributed by atoms with E-state index in [9.17, 15) is 9.59 Å². The summed E-state index contributed by atoms with van der Waals surface area (Å²) in [4.78, 5) is 27.9. The maximum absolute atomic E-state index is 12.6. The predicted molar refractivity (Wildman–Crippen MR) is 106 cm³/mol. The number of benzene rings is 1. The van der Waals surface area contributed by atoms with Crippen molar-refractivity contribution < 1.29 is 28.4 Å². The monoisotopic (exact) mass is 402 g/mol. The van der Waals surface area contributed by atoms with Gasteiger partial charge in [-0.15, -0.1) is 0 Å². The summed E-state index contributed by atoms with van der Waals surface area (Å²) >= 11 is 0. The lowest BCUT2D eigenvalue weighted by Crippen LogP contribution is -3.19. The Bertz CT molecular complexity index is 829. The first-order valence-electron chi connectivity index (χ1n) is 9.69. The summed E-state index contributed by atoms with van der Waals surface area (Å²) in [6.07, 6.45) is 1.50. The van der Waals surface area contributed by atoms with Gasteiger partial charge in [-0.3, -0.25) is 9.59 Å². The number of nitrogens with zero attached hydrogens (tertiary/aromatic N) is 1. The molecule has 0 unspecified atom stereocenters. The lowest BCUT2D eigenvalue weighted by molar-refractivity contribution is -0.917. The van der Waals surface area contributed by atoms with Crippen LogP contribution in [-0.2, 0) is 11.3 Å². The van der Waals surface area contributed by atoms with Crippen LogP contribution in [0.5, 0.6) is 11.5 Å². The lowest BCUT2D eigenvalue weighted by atomic mass is 10.1. The Morgan fingerprint density at radius 1 is 1.17 bits per heavy atom. The Morgan fingerprint density at radius 2 is 1.90 bits per heavy atom. The molecule has 0 aliphatic carbocycles. The number of methoxy groups -OCH3 is 2. The van der Waals surface area contributed by atoms with Gasteiger partial charge in [0.15, 0.2) is 23.3 Å². The zero-order valence-corrected chi connectivity index (χ0v) is 17.1. The molecule has 8 nitrogen and oxygen atoms in total. The summed E-state index contributed by atoms with van der Waals surface area (Å²) in [7, 11) is 3.17. The van der Waals surface area contributed by atoms with E-state index in [1.54, 1.807) is 31.3 Å². The highest BCUT2D eigenvalue weighted by molar-refractivity contribution is 5.91. The number of carbonyl (C=O) groups is 2. The van der Waals surface area contributed by atoms with Gasteiger partial charge in [0.05, 0.1) is 46.7 Å². The van der Waals surface area contributed by atoms with Crippen molar-refractivity contribution >= 4 is 11.8 Å². The molecule has 1 aromatic carbocycles. The summed E-state index contributed by atoms with van der Waals surface area (Å²) in [5.41, 5.74) is 0.937. The topological polar surface area (TPSA) is 85.5 Å². The van der Waals surface area contributed by atoms with E-state index in [0.717, 1.165) is 18.7 Å². The van der Waals surface area contributed by atoms with E-state index >= 15 is 0 Å². The summed E-state index contributed by atoms with van der Waals surface area (Å²) in [5, 5.41) is 2.99. The van der Waals surface area contributed by atoms with Crippen molar-refractivity contribution in [2.75, 3.05) is 40.4 Å². The van der Waals surface area contributed by atoms with Crippen molar-refractivity contribution in [3.63, 3.8) is 0 Å². The summed E-state index contributed by atoms with van der Waals surface area (Å²) < 4.78 is 15.7. The lowest BCUT2D eigenvalue weighted by Gasteiger charge is -2.34. The molecule has 1 atom stereocenters. The average Bonchev–Trinajstić information content (AvgIpc) is 3.31. The number of furan rings is 1. The third kappa shape index (κ3) is 4.89. The van der Waals surface area contributed by atoms with Gasteiger partial charge in [0.2, 0.25) is 0 Å². The minimum atomic E-state index is -0.198. The van der Waals surface area contributed by atoms with Crippen LogP contribution in [0.3, 0.4) is 0 Å². The molecule has 0 bridgehead atoms. The number of quaternary nitrogens is 1. The molecule has 0 radical (unpaired) electrons. The second-order valence-electron chi connectivity index (χ2n) is 7.06. The Morgan fingerprint density at radius 3 is 2.52 bits per heavy atom. The van der Waals surface area contributed by atoms with E-state index in [-0.39, 0.29) is 17.9 Å². The van der Waals surface area contributed by atoms with Crippen LogP contribution in [0.25, 0.3) is 0 Å². The summed E-state index contributed by atoms with van der Waals surface area (Å²) in [5.74, 6) is 1.53. The van der Waals surface area contributed by atoms with Gasteiger partial charge >= 0.3 is 0 Å². The van der Waals surface area contributed by atoms with E-state index in [0.29, 0.717) is 36.9 Å². The van der Waals surface area contributed by atoms with Gasteiger partial charge in [-0.25, -0.2) is 0 Å². The molecule has 1 fully saturated rings. The first-order valence-corrected chi connectivity index (χ1v) is 9.69. The highest BCUT2D eigenvalue weighted by Gasteiger charge is 2.31. The third-order valence-electron chi connectivity index (χ3n) is 5.35. The molecular formula is C21H28N3O5+. The fourth-order valence-electron chi connectivity index (χ4n) is 3.50. The SMILES string of the molecule is COc1ccc(CNC(=O)[C@H](C)[NH+]2CCN(C(=O)c3ccco3)CC2)cc1OC. The molecule has 0 spiro atoms. The largest absolute Gasteiger partial charge is 0.493 e. The molecule has 2 aromatic rings. The zero-order valence-electron chi connectivity index (χ0n) is 17.1. The molecule has 3 rings (SSSR count). The average molecular weight is 402 g/mol. The maximum Gasteiger partial charge on any atom is 0.289 e. The standard InChI is InChI=1S/C21H27N3O5/c1-15(20(25)22-14-16-6-7-17(27-2)19(13-16)28-3)23-8-10-24(11-9-23)21(26)18-5-4-12-29-18/h4-7,12-13,15H,8-11,14H2,1-3H3,(H,22,25)/p+1/t15-/m0/s1. The summed E-state index contributed by atoms with van der Waals surface area (Å²) in [6, 6.07) is 8.76. The zero-order chi connectivity index (χ0) is 20.8. The molecule has 1 aromatic heterocycles. The summed E-state index contributed by atoms with van der Waals surface area (Å²) in [6.45, 7) is 4.97. The number of piperazine rings is 1. The fraction of sp³-hybridized carbons (Fsp3) is 0.429. The maximum atomic E-state index is 12.6. The normalized spacial score (nSPS) is 15.6. The van der Waals surface area contributed by atoms with Crippen molar-refractivity contribution in [3.05, 3.63) is 47.9 Å². The second-order valence-corrected chi connectivity index (χ2v) is 7.06. The van der Waals surface area contributed by atoms with Crippen LogP contribution in [0.15, 0.2) is 41.0 Å². The van der Waals surface area contributed by atoms with Crippen LogP contribution >= 0.6 is 0 Å². The highest BCUT2D eigenvalue weighted by atomic mass is 16.5. The number of rotatable bonds is 7. The van der Waals surface area contributed by atoms with E-state index < -0.39 is 0 Å². The van der Waals surface area contributed by atoms with Crippen molar-refractivity contribution in [2.45, 2.75) is 19.5 Å². The Hall–Kier alpha value is -3.00. The predicted octanol–water partition coefficient (Wildman–Crippen LogP) is 0.342. The van der Waals surface area contributed by atoms with E-state index in [1.807, 2.05) is 25.1 Å². The first-order chi connectivity index (χ1) is 14.0. The van der Waals surface area contributed by atoms with Crippen LogP contribution in [0, 0.1) is 0 Å². The molecule has 2 heterocycles. The number of hydrogen-bond donors (Lipinski definition) is 2. The number of carbonyl (C=O) groups excluding carboxylic acids is 2. The number of nitrogens with one attached hydrogen (secondary N) is 2. The van der Waals surface area contributed by atoms with Crippen molar-refractivity contribution in [2.24, 2.45) is 0 Å². The number of amides is 2. The molecule has 8 heteroatoms. The van der Waals surface area contributed by atoms with Gasteiger partial charge < -0.3 is 29.0 Å². The third-order valence-corrected chi connectivity index (χ3v) is 5.35. The van der Waals surface area contributed by atoms with Crippen LogP contribution in [0.2, 0.25) is 0 Å². The molecule has 156 valence electrons. The van der Waals surface area contributed by atoms with Gasteiger partial charge in [0.25, 0.3) is 11.8 Å². The minimum Gasteiger partial charge on any atom is -0.493 e. The van der Waals surface area contributed by atoms with Gasteiger partial charge in [-0.1, -0.05) is 6.07 Å². The van der Waals surface area contributed by atoms with Crippen molar-refractivity contribution in [1.29, 1.82) is 0 Å². The van der Waals surface area contributed by atoms with Gasteiger partial charge in [0, 0.05) is 6.54 Å². The Balaban J connectivity index is 1.49. The number of ether oxygens (including phenoxy) is 2. The van der Waals surface area contributed by atoms with E-state index in [4.69, 9.17) is 13.9 Å². The smallest absolute Gasteiger partial charge is 0.289 e. The molecule has 0 saturated carbocycles. The quantitative estimate of drug-likeness (QED) is 0.698. The number of hydrogen-bond acceptors (Lipinski definition) is 5.